The van der Waals surface area contributed by atoms with E-state index in [-0.39, 0.29) is 0 Å². The summed E-state index contributed by atoms with van der Waals surface area (Å²) < 4.78 is 7.63. The predicted molar refractivity (Wildman–Crippen MR) is 94.3 cm³/mol. The minimum atomic E-state index is 0.728. The zero-order valence-corrected chi connectivity index (χ0v) is 14.7. The van der Waals surface area contributed by atoms with Gasteiger partial charge in [-0.15, -0.1) is 12.6 Å². The van der Waals surface area contributed by atoms with E-state index in [9.17, 15) is 0 Å². The number of imidazole rings is 1. The lowest BCUT2D eigenvalue weighted by Crippen LogP contribution is -2.44. The summed E-state index contributed by atoms with van der Waals surface area (Å²) in [6, 6.07) is 8.10. The summed E-state index contributed by atoms with van der Waals surface area (Å²) in [6.45, 7) is 6.07. The summed E-state index contributed by atoms with van der Waals surface area (Å²) in [4.78, 5) is 9.24. The number of para-hydroxylation sites is 1. The molecule has 1 aliphatic heterocycles. The van der Waals surface area contributed by atoms with Gasteiger partial charge >= 0.3 is 0 Å². The molecule has 0 N–H and O–H groups in total. The lowest BCUT2D eigenvalue weighted by Gasteiger charge is -2.32. The minimum Gasteiger partial charge on any atom is -0.496 e. The lowest BCUT2D eigenvalue weighted by molar-refractivity contribution is 0.145. The third-order valence-corrected chi connectivity index (χ3v) is 4.78. The first-order valence-corrected chi connectivity index (χ1v) is 8.38. The van der Waals surface area contributed by atoms with Gasteiger partial charge in [-0.05, 0) is 13.1 Å². The second-order valence-corrected chi connectivity index (χ2v) is 6.43. The zero-order valence-electron chi connectivity index (χ0n) is 13.8. The van der Waals surface area contributed by atoms with Gasteiger partial charge in [0.25, 0.3) is 0 Å². The summed E-state index contributed by atoms with van der Waals surface area (Å²) in [6.07, 6.45) is 1.94. The van der Waals surface area contributed by atoms with Crippen LogP contribution in [0.3, 0.4) is 0 Å². The van der Waals surface area contributed by atoms with Crippen LogP contribution in [-0.2, 0) is 13.1 Å². The Hall–Kier alpha value is -1.50. The summed E-state index contributed by atoms with van der Waals surface area (Å²) in [5.74, 6) is 0.902. The number of aromatic nitrogens is 2. The molecule has 1 aromatic heterocycles. The number of hydrogen-bond acceptors (Lipinski definition) is 5. The van der Waals surface area contributed by atoms with Crippen molar-refractivity contribution in [1.82, 2.24) is 19.4 Å². The highest BCUT2D eigenvalue weighted by molar-refractivity contribution is 7.80. The van der Waals surface area contributed by atoms with Crippen molar-refractivity contribution in [2.45, 2.75) is 18.2 Å². The zero-order chi connectivity index (χ0) is 16.2. The van der Waals surface area contributed by atoms with Crippen molar-refractivity contribution < 1.29 is 4.74 Å². The van der Waals surface area contributed by atoms with Crippen LogP contribution in [0.4, 0.5) is 0 Å². The maximum atomic E-state index is 5.46. The van der Waals surface area contributed by atoms with E-state index >= 15 is 0 Å². The van der Waals surface area contributed by atoms with Gasteiger partial charge in [0.15, 0.2) is 5.16 Å². The number of piperazine rings is 1. The van der Waals surface area contributed by atoms with E-state index in [2.05, 4.69) is 45.1 Å². The molecule has 5 nitrogen and oxygen atoms in total. The van der Waals surface area contributed by atoms with E-state index in [1.807, 2.05) is 24.4 Å². The first-order valence-electron chi connectivity index (χ1n) is 7.93. The fraction of sp³-hybridized carbons (Fsp3) is 0.471. The Morgan fingerprint density at radius 3 is 2.61 bits per heavy atom. The molecule has 0 bridgehead atoms. The highest BCUT2D eigenvalue weighted by Gasteiger charge is 2.17. The van der Waals surface area contributed by atoms with E-state index in [4.69, 9.17) is 4.74 Å². The van der Waals surface area contributed by atoms with Crippen LogP contribution in [0.25, 0.3) is 0 Å². The lowest BCUT2D eigenvalue weighted by atomic mass is 10.2. The molecule has 23 heavy (non-hydrogen) atoms. The highest BCUT2D eigenvalue weighted by atomic mass is 32.1. The van der Waals surface area contributed by atoms with Crippen LogP contribution in [0, 0.1) is 0 Å². The fourth-order valence-corrected chi connectivity index (χ4v) is 3.19. The Labute approximate surface area is 143 Å². The van der Waals surface area contributed by atoms with Crippen LogP contribution in [-0.4, -0.2) is 59.7 Å². The summed E-state index contributed by atoms with van der Waals surface area (Å²) in [7, 11) is 3.88. The molecule has 0 atom stereocenters. The molecular formula is C17H24N4OS. The molecule has 0 saturated carbocycles. The molecular weight excluding hydrogens is 308 g/mol. The Morgan fingerprint density at radius 1 is 1.13 bits per heavy atom. The third kappa shape index (κ3) is 3.88. The normalized spacial score (nSPS) is 16.7. The topological polar surface area (TPSA) is 33.5 Å². The molecule has 0 radical (unpaired) electrons. The van der Waals surface area contributed by atoms with E-state index in [1.165, 1.54) is 5.69 Å². The van der Waals surface area contributed by atoms with Gasteiger partial charge in [-0.25, -0.2) is 4.98 Å². The smallest absolute Gasteiger partial charge is 0.165 e. The van der Waals surface area contributed by atoms with Crippen LogP contribution >= 0.6 is 12.6 Å². The minimum absolute atomic E-state index is 0.728. The summed E-state index contributed by atoms with van der Waals surface area (Å²) in [5, 5.41) is 0.750. The number of likely N-dealkylation sites (N-methyl/N-ethyl adjacent to an activating group) is 1. The molecule has 0 spiro atoms. The number of ether oxygens (including phenoxy) is 1. The van der Waals surface area contributed by atoms with Gasteiger partial charge in [-0.2, -0.15) is 0 Å². The maximum absolute atomic E-state index is 5.46. The quantitative estimate of drug-likeness (QED) is 0.849. The van der Waals surface area contributed by atoms with E-state index in [0.29, 0.717) is 0 Å². The number of rotatable bonds is 5. The molecule has 1 fully saturated rings. The number of methoxy groups -OCH3 is 1. The molecule has 0 amide bonds. The van der Waals surface area contributed by atoms with Crippen molar-refractivity contribution in [3.05, 3.63) is 41.7 Å². The third-order valence-electron chi connectivity index (χ3n) is 4.42. The second kappa shape index (κ2) is 7.38. The van der Waals surface area contributed by atoms with Crippen molar-refractivity contribution >= 4 is 12.6 Å². The van der Waals surface area contributed by atoms with Crippen LogP contribution in [0.1, 0.15) is 11.3 Å². The molecule has 2 heterocycles. The first-order chi connectivity index (χ1) is 11.2. The average Bonchev–Trinajstić information content (AvgIpc) is 2.91. The van der Waals surface area contributed by atoms with Gasteiger partial charge in [-0.3, -0.25) is 4.90 Å². The van der Waals surface area contributed by atoms with Gasteiger partial charge in [0, 0.05) is 38.3 Å². The van der Waals surface area contributed by atoms with Crippen molar-refractivity contribution in [3.63, 3.8) is 0 Å². The maximum Gasteiger partial charge on any atom is 0.165 e. The van der Waals surface area contributed by atoms with Crippen molar-refractivity contribution in [2.24, 2.45) is 0 Å². The molecule has 0 unspecified atom stereocenters. The number of hydrogen-bond donors (Lipinski definition) is 1. The molecule has 124 valence electrons. The SMILES string of the molecule is COc1ccccc1Cn1c(CN2CCN(C)CC2)cnc1S. The standard InChI is InChI=1S/C17H24N4OS/c1-19-7-9-20(10-8-19)13-15-11-18-17(23)21(15)12-14-5-3-4-6-16(14)22-2/h3-6,11H,7-10,12-13H2,1-2H3,(H,18,23). The molecule has 1 aromatic carbocycles. The Balaban J connectivity index is 1.76. The van der Waals surface area contributed by atoms with Crippen molar-refractivity contribution in [2.75, 3.05) is 40.3 Å². The Bertz CT molecular complexity index is 650. The van der Waals surface area contributed by atoms with E-state index in [1.54, 1.807) is 7.11 Å². The van der Waals surface area contributed by atoms with Gasteiger partial charge in [0.2, 0.25) is 0 Å². The predicted octanol–water partition coefficient (Wildman–Crippen LogP) is 1.98. The van der Waals surface area contributed by atoms with Crippen molar-refractivity contribution in [1.29, 1.82) is 0 Å². The van der Waals surface area contributed by atoms with Gasteiger partial charge in [0.1, 0.15) is 5.75 Å². The Morgan fingerprint density at radius 2 is 1.87 bits per heavy atom. The van der Waals surface area contributed by atoms with Gasteiger partial charge in [0.05, 0.1) is 25.5 Å². The molecule has 3 rings (SSSR count). The largest absolute Gasteiger partial charge is 0.496 e. The first kappa shape index (κ1) is 16.4. The summed E-state index contributed by atoms with van der Waals surface area (Å²) in [5.41, 5.74) is 2.34. The number of benzene rings is 1. The number of thiol groups is 1. The highest BCUT2D eigenvalue weighted by Crippen LogP contribution is 2.22. The molecule has 6 heteroatoms. The van der Waals surface area contributed by atoms with Gasteiger partial charge < -0.3 is 14.2 Å². The van der Waals surface area contributed by atoms with Crippen LogP contribution in [0.2, 0.25) is 0 Å². The molecule has 1 aliphatic rings. The number of nitrogens with zero attached hydrogens (tertiary/aromatic N) is 4. The monoisotopic (exact) mass is 332 g/mol. The van der Waals surface area contributed by atoms with Crippen LogP contribution in [0.5, 0.6) is 5.75 Å². The van der Waals surface area contributed by atoms with E-state index in [0.717, 1.165) is 55.7 Å². The van der Waals surface area contributed by atoms with Crippen LogP contribution in [0.15, 0.2) is 35.6 Å². The summed E-state index contributed by atoms with van der Waals surface area (Å²) >= 11 is 4.53. The second-order valence-electron chi connectivity index (χ2n) is 6.03. The molecule has 1 saturated heterocycles. The van der Waals surface area contributed by atoms with Gasteiger partial charge in [-0.1, -0.05) is 18.2 Å². The molecule has 2 aromatic rings. The van der Waals surface area contributed by atoms with Crippen molar-refractivity contribution in [3.8, 4) is 5.75 Å². The fourth-order valence-electron chi connectivity index (χ4n) is 2.94. The molecule has 0 aliphatic carbocycles. The van der Waals surface area contributed by atoms with Crippen LogP contribution < -0.4 is 4.74 Å². The average molecular weight is 332 g/mol. The van der Waals surface area contributed by atoms with E-state index < -0.39 is 0 Å². The Kier molecular flexibility index (Phi) is 5.25.